The van der Waals surface area contributed by atoms with Gasteiger partial charge in [-0.15, -0.1) is 10.2 Å². The van der Waals surface area contributed by atoms with Crippen molar-refractivity contribution in [3.63, 3.8) is 0 Å². The number of hydrogen-bond acceptors (Lipinski definition) is 4. The molecule has 2 aromatic rings. The summed E-state index contributed by atoms with van der Waals surface area (Å²) in [5, 5.41) is 8.23. The Morgan fingerprint density at radius 1 is 1.25 bits per heavy atom. The van der Waals surface area contributed by atoms with Gasteiger partial charge in [0.2, 0.25) is 11.8 Å². The van der Waals surface area contributed by atoms with Crippen LogP contribution in [0, 0.1) is 5.41 Å². The second kappa shape index (κ2) is 7.56. The maximum atomic E-state index is 12.9. The zero-order valence-corrected chi connectivity index (χ0v) is 16.2. The van der Waals surface area contributed by atoms with Gasteiger partial charge in [-0.25, -0.2) is 0 Å². The molecule has 1 aromatic heterocycles. The minimum atomic E-state index is -4.48. The lowest BCUT2D eigenvalue weighted by atomic mass is 9.92. The number of carbonyl (C=O) groups is 1. The smallest absolute Gasteiger partial charge is 0.416 e. The summed E-state index contributed by atoms with van der Waals surface area (Å²) in [6.45, 7) is 7.08. The predicted molar refractivity (Wildman–Crippen MR) is 96.8 cm³/mol. The van der Waals surface area contributed by atoms with Crippen LogP contribution in [0.15, 0.2) is 28.7 Å². The fraction of sp³-hybridized carbons (Fsp3) is 0.550. The van der Waals surface area contributed by atoms with Gasteiger partial charge in [0.1, 0.15) is 0 Å². The number of benzene rings is 1. The van der Waals surface area contributed by atoms with Crippen LogP contribution in [-0.2, 0) is 12.6 Å². The van der Waals surface area contributed by atoms with Gasteiger partial charge in [0.15, 0.2) is 0 Å². The highest BCUT2D eigenvalue weighted by atomic mass is 19.4. The number of rotatable bonds is 3. The van der Waals surface area contributed by atoms with E-state index in [-0.39, 0.29) is 16.9 Å². The molecule has 1 unspecified atom stereocenters. The zero-order valence-electron chi connectivity index (χ0n) is 16.2. The van der Waals surface area contributed by atoms with Crippen LogP contribution in [-0.4, -0.2) is 34.1 Å². The molecule has 0 bridgehead atoms. The third-order valence-electron chi connectivity index (χ3n) is 4.66. The summed E-state index contributed by atoms with van der Waals surface area (Å²) < 4.78 is 44.6. The zero-order chi connectivity index (χ0) is 20.5. The van der Waals surface area contributed by atoms with E-state index in [1.165, 1.54) is 12.1 Å². The second-order valence-corrected chi connectivity index (χ2v) is 8.44. The maximum Gasteiger partial charge on any atom is 0.416 e. The molecule has 1 amide bonds. The molecule has 1 atom stereocenters. The van der Waals surface area contributed by atoms with E-state index in [1.54, 1.807) is 4.90 Å². The van der Waals surface area contributed by atoms with E-state index in [0.717, 1.165) is 25.0 Å². The molecule has 1 saturated heterocycles. The van der Waals surface area contributed by atoms with Crippen LogP contribution in [0.3, 0.4) is 0 Å². The Kier molecular flexibility index (Phi) is 5.50. The minimum Gasteiger partial charge on any atom is -0.425 e. The van der Waals surface area contributed by atoms with Gasteiger partial charge >= 0.3 is 6.18 Å². The number of carbonyl (C=O) groups excluding carboxylic acids is 1. The Balaban J connectivity index is 1.72. The fourth-order valence-electron chi connectivity index (χ4n) is 3.33. The Bertz CT molecular complexity index is 840. The summed E-state index contributed by atoms with van der Waals surface area (Å²) in [5.74, 6) is 0.527. The predicted octanol–water partition coefficient (Wildman–Crippen LogP) is 4.70. The highest BCUT2D eigenvalue weighted by Crippen LogP contribution is 2.31. The molecule has 0 N–H and O–H groups in total. The summed E-state index contributed by atoms with van der Waals surface area (Å²) in [6, 6.07) is 4.54. The normalized spacial score (nSPS) is 18.4. The highest BCUT2D eigenvalue weighted by molar-refractivity contribution is 5.94. The maximum absolute atomic E-state index is 12.9. The fourth-order valence-corrected chi connectivity index (χ4v) is 3.33. The molecule has 1 aliphatic rings. The van der Waals surface area contributed by atoms with Gasteiger partial charge in [-0.2, -0.15) is 13.2 Å². The lowest BCUT2D eigenvalue weighted by Gasteiger charge is -2.31. The third-order valence-corrected chi connectivity index (χ3v) is 4.66. The summed E-state index contributed by atoms with van der Waals surface area (Å²) >= 11 is 0. The minimum absolute atomic E-state index is 0.0157. The summed E-state index contributed by atoms with van der Waals surface area (Å²) in [6.07, 6.45) is -2.30. The number of piperidine rings is 1. The Morgan fingerprint density at radius 3 is 2.68 bits per heavy atom. The van der Waals surface area contributed by atoms with Crippen LogP contribution in [0.1, 0.15) is 67.2 Å². The monoisotopic (exact) mass is 395 g/mol. The van der Waals surface area contributed by atoms with E-state index >= 15 is 0 Å². The van der Waals surface area contributed by atoms with Crippen molar-refractivity contribution < 1.29 is 22.4 Å². The summed E-state index contributed by atoms with van der Waals surface area (Å²) in [4.78, 5) is 14.3. The molecule has 1 aliphatic heterocycles. The van der Waals surface area contributed by atoms with Crippen molar-refractivity contribution in [2.75, 3.05) is 13.1 Å². The van der Waals surface area contributed by atoms with Crippen LogP contribution >= 0.6 is 0 Å². The van der Waals surface area contributed by atoms with Crippen LogP contribution in [0.25, 0.3) is 0 Å². The van der Waals surface area contributed by atoms with Gasteiger partial charge in [-0.1, -0.05) is 26.8 Å². The first-order chi connectivity index (χ1) is 13.0. The van der Waals surface area contributed by atoms with E-state index in [9.17, 15) is 18.0 Å². The van der Waals surface area contributed by atoms with E-state index in [1.807, 2.05) is 0 Å². The van der Waals surface area contributed by atoms with Crippen LogP contribution < -0.4 is 0 Å². The Hall–Kier alpha value is -2.38. The van der Waals surface area contributed by atoms with Crippen molar-refractivity contribution in [3.05, 3.63) is 47.2 Å². The van der Waals surface area contributed by atoms with Crippen LogP contribution in [0.2, 0.25) is 0 Å². The Labute approximate surface area is 161 Å². The molecule has 3 rings (SSSR count). The third kappa shape index (κ3) is 4.91. The quantitative estimate of drug-likeness (QED) is 0.756. The number of alkyl halides is 3. The van der Waals surface area contributed by atoms with Crippen LogP contribution in [0.5, 0.6) is 0 Å². The molecule has 0 radical (unpaired) electrons. The standard InChI is InChI=1S/C20H24F3N3O2/c1-19(2,3)11-16-24-25-17(28-16)14-7-5-9-26(12-14)18(27)13-6-4-8-15(10-13)20(21,22)23/h4,6,8,10,14H,5,7,9,11-12H2,1-3H3. The van der Waals surface area contributed by atoms with Crippen molar-refractivity contribution >= 4 is 5.91 Å². The molecular formula is C20H24F3N3O2. The molecule has 5 nitrogen and oxygen atoms in total. The van der Waals surface area contributed by atoms with Crippen molar-refractivity contribution in [1.82, 2.24) is 15.1 Å². The average molecular weight is 395 g/mol. The number of likely N-dealkylation sites (tertiary alicyclic amines) is 1. The SMILES string of the molecule is CC(C)(C)Cc1nnc(C2CCCN(C(=O)c3cccc(C(F)(F)F)c3)C2)o1. The number of halogens is 3. The molecule has 8 heteroatoms. The molecule has 0 saturated carbocycles. The molecule has 2 heterocycles. The molecular weight excluding hydrogens is 371 g/mol. The van der Waals surface area contributed by atoms with Gasteiger partial charge < -0.3 is 9.32 Å². The molecule has 1 fully saturated rings. The highest BCUT2D eigenvalue weighted by Gasteiger charge is 2.33. The van der Waals surface area contributed by atoms with Crippen LogP contribution in [0.4, 0.5) is 13.2 Å². The first-order valence-electron chi connectivity index (χ1n) is 9.32. The lowest BCUT2D eigenvalue weighted by molar-refractivity contribution is -0.137. The Morgan fingerprint density at radius 2 is 2.00 bits per heavy atom. The van der Waals surface area contributed by atoms with E-state index in [4.69, 9.17) is 4.42 Å². The second-order valence-electron chi connectivity index (χ2n) is 8.44. The molecule has 0 spiro atoms. The molecule has 28 heavy (non-hydrogen) atoms. The number of nitrogens with zero attached hydrogens (tertiary/aromatic N) is 3. The van der Waals surface area contributed by atoms with Gasteiger partial charge in [0.25, 0.3) is 5.91 Å². The largest absolute Gasteiger partial charge is 0.425 e. The van der Waals surface area contributed by atoms with E-state index in [2.05, 4.69) is 31.0 Å². The molecule has 1 aromatic carbocycles. The topological polar surface area (TPSA) is 59.2 Å². The number of aromatic nitrogens is 2. The average Bonchev–Trinajstić information content (AvgIpc) is 3.07. The first-order valence-corrected chi connectivity index (χ1v) is 9.32. The summed E-state index contributed by atoms with van der Waals surface area (Å²) in [5.41, 5.74) is -0.771. The number of amides is 1. The van der Waals surface area contributed by atoms with Crippen molar-refractivity contribution in [1.29, 1.82) is 0 Å². The van der Waals surface area contributed by atoms with Crippen molar-refractivity contribution in [2.24, 2.45) is 5.41 Å². The van der Waals surface area contributed by atoms with E-state index < -0.39 is 17.6 Å². The van der Waals surface area contributed by atoms with Gasteiger partial charge in [-0.3, -0.25) is 4.79 Å². The van der Waals surface area contributed by atoms with Crippen molar-refractivity contribution in [2.45, 2.75) is 52.1 Å². The van der Waals surface area contributed by atoms with Gasteiger partial charge in [0, 0.05) is 25.1 Å². The lowest BCUT2D eigenvalue weighted by Crippen LogP contribution is -2.39. The first kappa shape index (κ1) is 20.4. The van der Waals surface area contributed by atoms with Gasteiger partial charge in [-0.05, 0) is 36.5 Å². The molecule has 0 aliphatic carbocycles. The van der Waals surface area contributed by atoms with Crippen molar-refractivity contribution in [3.8, 4) is 0 Å². The number of hydrogen-bond donors (Lipinski definition) is 0. The van der Waals surface area contributed by atoms with E-state index in [0.29, 0.717) is 31.3 Å². The van der Waals surface area contributed by atoms with Gasteiger partial charge in [0.05, 0.1) is 11.5 Å². The molecule has 152 valence electrons. The summed E-state index contributed by atoms with van der Waals surface area (Å²) in [7, 11) is 0.